The van der Waals surface area contributed by atoms with Gasteiger partial charge in [-0.1, -0.05) is 0 Å². The number of carbonyl (C=O) groups is 1. The highest BCUT2D eigenvalue weighted by molar-refractivity contribution is 5.84. The Balaban J connectivity index is 2.06. The smallest absolute Gasteiger partial charge is 0.356 e. The van der Waals surface area contributed by atoms with Gasteiger partial charge >= 0.3 is 5.97 Å². The molecule has 0 aromatic carbocycles. The predicted molar refractivity (Wildman–Crippen MR) is 55.4 cm³/mol. The molecule has 1 N–H and O–H groups in total. The van der Waals surface area contributed by atoms with Gasteiger partial charge in [0.15, 0.2) is 5.69 Å². The molecule has 1 aliphatic rings. The quantitative estimate of drug-likeness (QED) is 0.850. The standard InChI is InChI=1S/C10H11F2N3O2/c11-10(12)1-3-15(4-2-10)8-6-13-7(5-14-8)9(16)17/h5-6H,1-4H2,(H,16,17). The van der Waals surface area contributed by atoms with Gasteiger partial charge in [0.1, 0.15) is 5.82 Å². The lowest BCUT2D eigenvalue weighted by Gasteiger charge is -2.32. The van der Waals surface area contributed by atoms with Gasteiger partial charge in [-0.05, 0) is 0 Å². The Morgan fingerprint density at radius 1 is 1.29 bits per heavy atom. The number of alkyl halides is 2. The van der Waals surface area contributed by atoms with Crippen LogP contribution in [-0.4, -0.2) is 40.1 Å². The minimum Gasteiger partial charge on any atom is -0.476 e. The van der Waals surface area contributed by atoms with Crippen LogP contribution in [0.15, 0.2) is 12.4 Å². The fraction of sp³-hybridized carbons (Fsp3) is 0.500. The summed E-state index contributed by atoms with van der Waals surface area (Å²) >= 11 is 0. The average Bonchev–Trinajstić information content (AvgIpc) is 2.29. The highest BCUT2D eigenvalue weighted by Crippen LogP contribution is 2.29. The Labute approximate surface area is 96.1 Å². The Morgan fingerprint density at radius 3 is 2.41 bits per heavy atom. The average molecular weight is 243 g/mol. The maximum Gasteiger partial charge on any atom is 0.356 e. The molecule has 1 aromatic rings. The zero-order valence-corrected chi connectivity index (χ0v) is 8.94. The minimum absolute atomic E-state index is 0.156. The Kier molecular flexibility index (Phi) is 2.91. The summed E-state index contributed by atoms with van der Waals surface area (Å²) in [6.45, 7) is 0.405. The maximum atomic E-state index is 12.9. The van der Waals surface area contributed by atoms with Crippen molar-refractivity contribution in [2.45, 2.75) is 18.8 Å². The molecule has 0 radical (unpaired) electrons. The van der Waals surface area contributed by atoms with Crippen molar-refractivity contribution in [3.8, 4) is 0 Å². The van der Waals surface area contributed by atoms with Gasteiger partial charge in [-0.15, -0.1) is 0 Å². The van der Waals surface area contributed by atoms with Crippen LogP contribution in [0.4, 0.5) is 14.6 Å². The maximum absolute atomic E-state index is 12.9. The van der Waals surface area contributed by atoms with Crippen LogP contribution < -0.4 is 4.90 Å². The number of nitrogens with zero attached hydrogens (tertiary/aromatic N) is 3. The summed E-state index contributed by atoms with van der Waals surface area (Å²) in [7, 11) is 0. The van der Waals surface area contributed by atoms with E-state index in [9.17, 15) is 13.6 Å². The van der Waals surface area contributed by atoms with Gasteiger partial charge in [0.25, 0.3) is 5.92 Å². The number of piperidine rings is 1. The van der Waals surface area contributed by atoms with Crippen molar-refractivity contribution in [2.24, 2.45) is 0 Å². The molecule has 0 atom stereocenters. The third-order valence-corrected chi connectivity index (χ3v) is 2.68. The summed E-state index contributed by atoms with van der Waals surface area (Å²) in [6, 6.07) is 0. The molecule has 0 spiro atoms. The topological polar surface area (TPSA) is 66.3 Å². The molecule has 1 fully saturated rings. The number of hydrogen-bond acceptors (Lipinski definition) is 4. The first-order valence-electron chi connectivity index (χ1n) is 5.16. The van der Waals surface area contributed by atoms with Crippen molar-refractivity contribution in [1.29, 1.82) is 0 Å². The monoisotopic (exact) mass is 243 g/mol. The number of aromatic carboxylic acids is 1. The zero-order chi connectivity index (χ0) is 12.5. The normalized spacial score (nSPS) is 19.1. The molecule has 7 heteroatoms. The van der Waals surface area contributed by atoms with Crippen LogP contribution >= 0.6 is 0 Å². The van der Waals surface area contributed by atoms with Crippen LogP contribution in [0.2, 0.25) is 0 Å². The second kappa shape index (κ2) is 4.23. The van der Waals surface area contributed by atoms with Gasteiger partial charge < -0.3 is 10.0 Å². The predicted octanol–water partition coefficient (Wildman–Crippen LogP) is 1.41. The van der Waals surface area contributed by atoms with Gasteiger partial charge in [0, 0.05) is 25.9 Å². The first-order valence-corrected chi connectivity index (χ1v) is 5.16. The van der Waals surface area contributed by atoms with Gasteiger partial charge in [0.2, 0.25) is 0 Å². The van der Waals surface area contributed by atoms with E-state index in [-0.39, 0.29) is 31.6 Å². The van der Waals surface area contributed by atoms with E-state index in [2.05, 4.69) is 9.97 Å². The van der Waals surface area contributed by atoms with E-state index in [1.807, 2.05) is 0 Å². The lowest BCUT2D eigenvalue weighted by molar-refractivity contribution is -0.0221. The number of carboxylic acid groups (broad SMARTS) is 1. The molecule has 2 heterocycles. The van der Waals surface area contributed by atoms with Gasteiger partial charge in [-0.3, -0.25) is 0 Å². The lowest BCUT2D eigenvalue weighted by Crippen LogP contribution is -2.39. The second-order valence-electron chi connectivity index (χ2n) is 3.91. The molecule has 0 saturated carbocycles. The summed E-state index contributed by atoms with van der Waals surface area (Å²) in [5.74, 6) is -3.33. The highest BCUT2D eigenvalue weighted by atomic mass is 19.3. The van der Waals surface area contributed by atoms with E-state index >= 15 is 0 Å². The van der Waals surface area contributed by atoms with Crippen molar-refractivity contribution >= 4 is 11.8 Å². The molecule has 2 rings (SSSR count). The van der Waals surface area contributed by atoms with Crippen molar-refractivity contribution in [2.75, 3.05) is 18.0 Å². The van der Waals surface area contributed by atoms with Gasteiger partial charge in [-0.2, -0.15) is 0 Å². The van der Waals surface area contributed by atoms with Crippen molar-refractivity contribution < 1.29 is 18.7 Å². The molecule has 0 amide bonds. The SMILES string of the molecule is O=C(O)c1cnc(N2CCC(F)(F)CC2)cn1. The molecule has 0 aliphatic carbocycles. The van der Waals surface area contributed by atoms with E-state index < -0.39 is 11.9 Å². The molecule has 0 unspecified atom stereocenters. The van der Waals surface area contributed by atoms with Crippen LogP contribution in [-0.2, 0) is 0 Å². The molecular weight excluding hydrogens is 232 g/mol. The number of anilines is 1. The Morgan fingerprint density at radius 2 is 1.94 bits per heavy atom. The fourth-order valence-electron chi connectivity index (χ4n) is 1.66. The second-order valence-corrected chi connectivity index (χ2v) is 3.91. The third-order valence-electron chi connectivity index (χ3n) is 2.68. The van der Waals surface area contributed by atoms with Gasteiger partial charge in [0.05, 0.1) is 12.4 Å². The zero-order valence-electron chi connectivity index (χ0n) is 8.94. The fourth-order valence-corrected chi connectivity index (χ4v) is 1.66. The summed E-state index contributed by atoms with van der Waals surface area (Å²) in [6.07, 6.45) is 2.00. The molecule has 1 aromatic heterocycles. The number of hydrogen-bond donors (Lipinski definition) is 1. The van der Waals surface area contributed by atoms with Crippen LogP contribution in [0.3, 0.4) is 0 Å². The summed E-state index contributed by atoms with van der Waals surface area (Å²) in [4.78, 5) is 19.8. The Bertz CT molecular complexity index is 412. The van der Waals surface area contributed by atoms with E-state index in [0.29, 0.717) is 5.82 Å². The molecule has 5 nitrogen and oxygen atoms in total. The van der Waals surface area contributed by atoms with Crippen LogP contribution in [0.5, 0.6) is 0 Å². The Hall–Kier alpha value is -1.79. The molecule has 1 aliphatic heterocycles. The minimum atomic E-state index is -2.61. The van der Waals surface area contributed by atoms with Crippen molar-refractivity contribution in [3.05, 3.63) is 18.1 Å². The molecule has 1 saturated heterocycles. The lowest BCUT2D eigenvalue weighted by atomic mass is 10.1. The van der Waals surface area contributed by atoms with Crippen LogP contribution in [0.1, 0.15) is 23.3 Å². The summed E-state index contributed by atoms with van der Waals surface area (Å²) < 4.78 is 25.8. The van der Waals surface area contributed by atoms with E-state index in [4.69, 9.17) is 5.11 Å². The summed E-state index contributed by atoms with van der Waals surface area (Å²) in [5, 5.41) is 8.64. The highest BCUT2D eigenvalue weighted by Gasteiger charge is 2.34. The van der Waals surface area contributed by atoms with E-state index in [1.165, 1.54) is 6.20 Å². The van der Waals surface area contributed by atoms with Crippen LogP contribution in [0.25, 0.3) is 0 Å². The van der Waals surface area contributed by atoms with Crippen molar-refractivity contribution in [3.63, 3.8) is 0 Å². The van der Waals surface area contributed by atoms with Crippen LogP contribution in [0, 0.1) is 0 Å². The summed E-state index contributed by atoms with van der Waals surface area (Å²) in [5.41, 5.74) is -0.156. The third kappa shape index (κ3) is 2.66. The van der Waals surface area contributed by atoms with E-state index in [1.54, 1.807) is 4.90 Å². The first-order chi connectivity index (χ1) is 7.98. The largest absolute Gasteiger partial charge is 0.476 e. The molecule has 92 valence electrons. The molecule has 17 heavy (non-hydrogen) atoms. The molecular formula is C10H11F2N3O2. The van der Waals surface area contributed by atoms with Crippen molar-refractivity contribution in [1.82, 2.24) is 9.97 Å². The first kappa shape index (κ1) is 11.7. The number of carboxylic acids is 1. The molecule has 0 bridgehead atoms. The number of rotatable bonds is 2. The van der Waals surface area contributed by atoms with E-state index in [0.717, 1.165) is 6.20 Å². The number of halogens is 2. The van der Waals surface area contributed by atoms with Gasteiger partial charge in [-0.25, -0.2) is 23.5 Å². The number of aromatic nitrogens is 2.